The van der Waals surface area contributed by atoms with Crippen molar-refractivity contribution in [1.82, 2.24) is 4.98 Å². The van der Waals surface area contributed by atoms with Crippen LogP contribution in [0.15, 0.2) is 36.4 Å². The van der Waals surface area contributed by atoms with Gasteiger partial charge in [0, 0.05) is 18.3 Å². The molecule has 0 spiro atoms. The first kappa shape index (κ1) is 14.7. The van der Waals surface area contributed by atoms with Gasteiger partial charge in [0.05, 0.1) is 4.92 Å². The Balaban J connectivity index is 2.07. The van der Waals surface area contributed by atoms with E-state index < -0.39 is 4.92 Å². The summed E-state index contributed by atoms with van der Waals surface area (Å²) in [5, 5.41) is 13.8. The molecular weight excluding hydrogens is 272 g/mol. The normalized spacial score (nSPS) is 10.2. The lowest BCUT2D eigenvalue weighted by molar-refractivity contribution is -0.385. The largest absolute Gasteiger partial charge is 0.492 e. The van der Waals surface area contributed by atoms with Gasteiger partial charge in [-0.1, -0.05) is 0 Å². The van der Waals surface area contributed by atoms with Gasteiger partial charge in [0.25, 0.3) is 5.69 Å². The Morgan fingerprint density at radius 2 is 2.00 bits per heavy atom. The van der Waals surface area contributed by atoms with Crippen LogP contribution in [-0.4, -0.2) is 23.1 Å². The maximum atomic E-state index is 10.7. The van der Waals surface area contributed by atoms with Gasteiger partial charge in [0.15, 0.2) is 0 Å². The number of rotatable bonds is 6. The third kappa shape index (κ3) is 3.90. The molecule has 0 amide bonds. The van der Waals surface area contributed by atoms with Crippen molar-refractivity contribution < 1.29 is 9.66 Å². The quantitative estimate of drug-likeness (QED) is 0.624. The SMILES string of the molecule is Cc1nc(Nc2ccc(OCCN)cc2)ccc1[N+](=O)[O-]. The first-order valence-electron chi connectivity index (χ1n) is 6.42. The highest BCUT2D eigenvalue weighted by atomic mass is 16.6. The van der Waals surface area contributed by atoms with E-state index in [1.54, 1.807) is 13.0 Å². The molecule has 0 aliphatic heterocycles. The van der Waals surface area contributed by atoms with Crippen LogP contribution in [0.5, 0.6) is 5.75 Å². The van der Waals surface area contributed by atoms with Crippen LogP contribution in [0, 0.1) is 17.0 Å². The molecule has 0 aliphatic carbocycles. The topological polar surface area (TPSA) is 103 Å². The van der Waals surface area contributed by atoms with Crippen molar-refractivity contribution in [1.29, 1.82) is 0 Å². The Hall–Kier alpha value is -2.67. The zero-order valence-corrected chi connectivity index (χ0v) is 11.6. The molecule has 3 N–H and O–H groups in total. The molecular formula is C14H16N4O3. The molecule has 2 rings (SSSR count). The van der Waals surface area contributed by atoms with Crippen molar-refractivity contribution in [3.05, 3.63) is 52.2 Å². The van der Waals surface area contributed by atoms with E-state index in [0.717, 1.165) is 11.4 Å². The summed E-state index contributed by atoms with van der Waals surface area (Å²) < 4.78 is 5.38. The number of hydrogen-bond acceptors (Lipinski definition) is 6. The van der Waals surface area contributed by atoms with Crippen LogP contribution in [0.4, 0.5) is 17.2 Å². The van der Waals surface area contributed by atoms with E-state index in [0.29, 0.717) is 24.7 Å². The lowest BCUT2D eigenvalue weighted by atomic mass is 10.3. The monoisotopic (exact) mass is 288 g/mol. The molecule has 21 heavy (non-hydrogen) atoms. The number of nitrogens with zero attached hydrogens (tertiary/aromatic N) is 2. The molecule has 0 aliphatic rings. The van der Waals surface area contributed by atoms with Crippen LogP contribution in [0.25, 0.3) is 0 Å². The highest BCUT2D eigenvalue weighted by Crippen LogP contribution is 2.22. The number of anilines is 2. The molecule has 0 saturated heterocycles. The molecule has 110 valence electrons. The number of nitro groups is 1. The minimum atomic E-state index is -0.449. The third-order valence-corrected chi connectivity index (χ3v) is 2.77. The fourth-order valence-corrected chi connectivity index (χ4v) is 1.78. The van der Waals surface area contributed by atoms with Crippen molar-refractivity contribution in [2.75, 3.05) is 18.5 Å². The lowest BCUT2D eigenvalue weighted by Gasteiger charge is -2.08. The van der Waals surface area contributed by atoms with E-state index in [2.05, 4.69) is 10.3 Å². The van der Waals surface area contributed by atoms with Gasteiger partial charge in [-0.3, -0.25) is 10.1 Å². The van der Waals surface area contributed by atoms with Crippen molar-refractivity contribution in [2.45, 2.75) is 6.92 Å². The summed E-state index contributed by atoms with van der Waals surface area (Å²) in [6.07, 6.45) is 0. The van der Waals surface area contributed by atoms with Crippen molar-refractivity contribution >= 4 is 17.2 Å². The summed E-state index contributed by atoms with van der Waals surface area (Å²) in [5.74, 6) is 1.28. The van der Waals surface area contributed by atoms with Gasteiger partial charge in [0.1, 0.15) is 23.9 Å². The lowest BCUT2D eigenvalue weighted by Crippen LogP contribution is -2.10. The maximum absolute atomic E-state index is 10.7. The predicted molar refractivity (Wildman–Crippen MR) is 79.9 cm³/mol. The average molecular weight is 288 g/mol. The highest BCUT2D eigenvalue weighted by Gasteiger charge is 2.11. The number of pyridine rings is 1. The molecule has 0 atom stereocenters. The standard InChI is InChI=1S/C14H16N4O3/c1-10-13(18(19)20)6-7-14(16-10)17-11-2-4-12(5-3-11)21-9-8-15/h2-7H,8-9,15H2,1H3,(H,16,17). The molecule has 1 heterocycles. The van der Waals surface area contributed by atoms with Crippen molar-refractivity contribution in [3.8, 4) is 5.75 Å². The second kappa shape index (κ2) is 6.67. The number of hydrogen-bond donors (Lipinski definition) is 2. The summed E-state index contributed by atoms with van der Waals surface area (Å²) in [7, 11) is 0. The van der Waals surface area contributed by atoms with Crippen LogP contribution in [0.1, 0.15) is 5.69 Å². The summed E-state index contributed by atoms with van der Waals surface area (Å²) in [6, 6.07) is 10.3. The molecule has 0 bridgehead atoms. The zero-order valence-electron chi connectivity index (χ0n) is 11.6. The van der Waals surface area contributed by atoms with E-state index in [-0.39, 0.29) is 5.69 Å². The highest BCUT2D eigenvalue weighted by molar-refractivity contribution is 5.58. The Morgan fingerprint density at radius 3 is 2.57 bits per heavy atom. The Labute approximate surface area is 121 Å². The molecule has 7 heteroatoms. The van der Waals surface area contributed by atoms with E-state index >= 15 is 0 Å². The van der Waals surface area contributed by atoms with Gasteiger partial charge in [-0.2, -0.15) is 0 Å². The summed E-state index contributed by atoms with van der Waals surface area (Å²) in [4.78, 5) is 14.4. The second-order valence-corrected chi connectivity index (χ2v) is 4.34. The number of ether oxygens (including phenoxy) is 1. The number of aryl methyl sites for hydroxylation is 1. The van der Waals surface area contributed by atoms with E-state index in [4.69, 9.17) is 10.5 Å². The fraction of sp³-hybridized carbons (Fsp3) is 0.214. The van der Waals surface area contributed by atoms with Crippen LogP contribution in [0.2, 0.25) is 0 Å². The Morgan fingerprint density at radius 1 is 1.29 bits per heavy atom. The van der Waals surface area contributed by atoms with Gasteiger partial charge in [-0.25, -0.2) is 4.98 Å². The van der Waals surface area contributed by atoms with Crippen LogP contribution >= 0.6 is 0 Å². The number of nitrogens with one attached hydrogen (secondary N) is 1. The molecule has 1 aromatic heterocycles. The molecule has 7 nitrogen and oxygen atoms in total. The molecule has 2 aromatic rings. The summed E-state index contributed by atoms with van der Waals surface area (Å²) in [5.41, 5.74) is 6.55. The molecule has 0 fully saturated rings. The number of nitrogens with two attached hydrogens (primary N) is 1. The van der Waals surface area contributed by atoms with Crippen LogP contribution < -0.4 is 15.8 Å². The van der Waals surface area contributed by atoms with Crippen LogP contribution in [0.3, 0.4) is 0 Å². The number of benzene rings is 1. The van der Waals surface area contributed by atoms with Crippen LogP contribution in [-0.2, 0) is 0 Å². The van der Waals surface area contributed by atoms with E-state index in [9.17, 15) is 10.1 Å². The molecule has 0 unspecified atom stereocenters. The van der Waals surface area contributed by atoms with Gasteiger partial charge in [0.2, 0.25) is 0 Å². The first-order chi connectivity index (χ1) is 10.1. The van der Waals surface area contributed by atoms with Gasteiger partial charge in [-0.15, -0.1) is 0 Å². The smallest absolute Gasteiger partial charge is 0.290 e. The van der Waals surface area contributed by atoms with Crippen molar-refractivity contribution in [3.63, 3.8) is 0 Å². The minimum absolute atomic E-state index is 0.00563. The number of aromatic nitrogens is 1. The van der Waals surface area contributed by atoms with Gasteiger partial charge in [-0.05, 0) is 37.3 Å². The Bertz CT molecular complexity index is 629. The Kier molecular flexibility index (Phi) is 4.68. The van der Waals surface area contributed by atoms with E-state index in [1.165, 1.54) is 6.07 Å². The summed E-state index contributed by atoms with van der Waals surface area (Å²) >= 11 is 0. The van der Waals surface area contributed by atoms with Crippen molar-refractivity contribution in [2.24, 2.45) is 5.73 Å². The minimum Gasteiger partial charge on any atom is -0.492 e. The predicted octanol–water partition coefficient (Wildman–Crippen LogP) is 2.38. The van der Waals surface area contributed by atoms with Gasteiger partial charge < -0.3 is 15.8 Å². The first-order valence-corrected chi connectivity index (χ1v) is 6.42. The zero-order chi connectivity index (χ0) is 15.2. The third-order valence-electron chi connectivity index (χ3n) is 2.77. The molecule has 1 aromatic carbocycles. The molecule has 0 radical (unpaired) electrons. The fourth-order valence-electron chi connectivity index (χ4n) is 1.78. The second-order valence-electron chi connectivity index (χ2n) is 4.34. The molecule has 0 saturated carbocycles. The maximum Gasteiger partial charge on any atom is 0.290 e. The van der Waals surface area contributed by atoms with Gasteiger partial charge >= 0.3 is 0 Å². The average Bonchev–Trinajstić information content (AvgIpc) is 2.46. The summed E-state index contributed by atoms with van der Waals surface area (Å²) in [6.45, 7) is 2.54. The van der Waals surface area contributed by atoms with E-state index in [1.807, 2.05) is 24.3 Å².